The van der Waals surface area contributed by atoms with Gasteiger partial charge in [-0.1, -0.05) is 6.92 Å². The molecule has 5 nitrogen and oxygen atoms in total. The van der Waals surface area contributed by atoms with Gasteiger partial charge in [0.2, 0.25) is 4.77 Å². The Kier molecular flexibility index (Phi) is 4.54. The van der Waals surface area contributed by atoms with Crippen molar-refractivity contribution < 1.29 is 5.11 Å². The van der Waals surface area contributed by atoms with E-state index in [2.05, 4.69) is 47.2 Å². The van der Waals surface area contributed by atoms with Crippen molar-refractivity contribution in [2.45, 2.75) is 13.3 Å². The SMILES string of the molecule is CCc1n[nH]c(=S)n1/N=C/c1cc(Br)c(O)c(Br)c1. The molecule has 0 aliphatic carbocycles. The molecule has 0 aliphatic heterocycles. The van der Waals surface area contributed by atoms with E-state index < -0.39 is 0 Å². The van der Waals surface area contributed by atoms with Crippen LogP contribution in [0.5, 0.6) is 5.75 Å². The molecule has 2 N–H and O–H groups in total. The molecule has 0 unspecified atom stereocenters. The molecule has 0 amide bonds. The van der Waals surface area contributed by atoms with E-state index in [1.165, 1.54) is 0 Å². The molecule has 1 heterocycles. The van der Waals surface area contributed by atoms with Gasteiger partial charge in [-0.25, -0.2) is 0 Å². The smallest absolute Gasteiger partial charge is 0.216 e. The molecule has 0 bridgehead atoms. The van der Waals surface area contributed by atoms with Crippen molar-refractivity contribution in [3.8, 4) is 5.75 Å². The lowest BCUT2D eigenvalue weighted by Crippen LogP contribution is -1.97. The third-order valence-electron chi connectivity index (χ3n) is 2.40. The number of aromatic hydroxyl groups is 1. The van der Waals surface area contributed by atoms with Crippen LogP contribution in [0.3, 0.4) is 0 Å². The van der Waals surface area contributed by atoms with Crippen molar-refractivity contribution in [3.05, 3.63) is 37.2 Å². The van der Waals surface area contributed by atoms with Crippen LogP contribution in [-0.2, 0) is 6.42 Å². The highest BCUT2D eigenvalue weighted by Crippen LogP contribution is 2.32. The quantitative estimate of drug-likeness (QED) is 0.605. The third-order valence-corrected chi connectivity index (χ3v) is 3.87. The molecule has 1 aromatic heterocycles. The van der Waals surface area contributed by atoms with Crippen LogP contribution in [-0.4, -0.2) is 26.2 Å². The number of H-pyrrole nitrogens is 1. The molecule has 8 heteroatoms. The van der Waals surface area contributed by atoms with E-state index in [1.807, 2.05) is 6.92 Å². The Morgan fingerprint density at radius 1 is 1.47 bits per heavy atom. The number of hydrogen-bond donors (Lipinski definition) is 2. The lowest BCUT2D eigenvalue weighted by atomic mass is 10.2. The number of phenols is 1. The lowest BCUT2D eigenvalue weighted by Gasteiger charge is -2.02. The van der Waals surface area contributed by atoms with Gasteiger partial charge in [-0.15, -0.1) is 0 Å². The second-order valence-electron chi connectivity index (χ2n) is 3.69. The summed E-state index contributed by atoms with van der Waals surface area (Å²) < 4.78 is 3.21. The van der Waals surface area contributed by atoms with E-state index in [0.29, 0.717) is 13.7 Å². The number of nitrogens with one attached hydrogen (secondary N) is 1. The zero-order chi connectivity index (χ0) is 14.0. The van der Waals surface area contributed by atoms with E-state index in [4.69, 9.17) is 12.2 Å². The van der Waals surface area contributed by atoms with Crippen LogP contribution in [0.1, 0.15) is 18.3 Å². The fraction of sp³-hybridized carbons (Fsp3) is 0.182. The number of aromatic amines is 1. The second kappa shape index (κ2) is 5.98. The Morgan fingerprint density at radius 3 is 2.68 bits per heavy atom. The molecule has 2 aromatic rings. The lowest BCUT2D eigenvalue weighted by molar-refractivity contribution is 0.468. The number of nitrogens with zero attached hydrogens (tertiary/aromatic N) is 3. The first kappa shape index (κ1) is 14.4. The van der Waals surface area contributed by atoms with Gasteiger partial charge in [0.1, 0.15) is 5.75 Å². The molecular weight excluding hydrogens is 396 g/mol. The van der Waals surface area contributed by atoms with Crippen molar-refractivity contribution in [3.63, 3.8) is 0 Å². The van der Waals surface area contributed by atoms with Gasteiger partial charge < -0.3 is 5.11 Å². The summed E-state index contributed by atoms with van der Waals surface area (Å²) in [6.07, 6.45) is 2.38. The Hall–Kier alpha value is -0.990. The van der Waals surface area contributed by atoms with Crippen molar-refractivity contribution in [2.75, 3.05) is 0 Å². The Labute approximate surface area is 131 Å². The predicted molar refractivity (Wildman–Crippen MR) is 83.3 cm³/mol. The van der Waals surface area contributed by atoms with E-state index in [9.17, 15) is 5.11 Å². The summed E-state index contributed by atoms with van der Waals surface area (Å²) in [6.45, 7) is 1.98. The second-order valence-corrected chi connectivity index (χ2v) is 5.78. The maximum atomic E-state index is 9.63. The average Bonchev–Trinajstić information content (AvgIpc) is 2.74. The first-order valence-corrected chi connectivity index (χ1v) is 7.41. The third kappa shape index (κ3) is 3.13. The molecule has 0 aliphatic rings. The highest BCUT2D eigenvalue weighted by molar-refractivity contribution is 9.11. The predicted octanol–water partition coefficient (Wildman–Crippen LogP) is 3.62. The van der Waals surface area contributed by atoms with Gasteiger partial charge >= 0.3 is 0 Å². The molecule has 1 aromatic carbocycles. The molecule has 0 spiro atoms. The van der Waals surface area contributed by atoms with Crippen LogP contribution in [0.15, 0.2) is 26.2 Å². The van der Waals surface area contributed by atoms with Crippen molar-refractivity contribution in [1.29, 1.82) is 0 Å². The summed E-state index contributed by atoms with van der Waals surface area (Å²) in [5.41, 5.74) is 0.821. The normalized spacial score (nSPS) is 11.3. The monoisotopic (exact) mass is 404 g/mol. The summed E-state index contributed by atoms with van der Waals surface area (Å²) >= 11 is 11.6. The van der Waals surface area contributed by atoms with Gasteiger partial charge in [-0.3, -0.25) is 5.10 Å². The Morgan fingerprint density at radius 2 is 2.11 bits per heavy atom. The topological polar surface area (TPSA) is 66.2 Å². The molecule has 19 heavy (non-hydrogen) atoms. The maximum absolute atomic E-state index is 9.63. The van der Waals surface area contributed by atoms with Crippen LogP contribution in [0.4, 0.5) is 0 Å². The van der Waals surface area contributed by atoms with Crippen molar-refractivity contribution in [1.82, 2.24) is 14.9 Å². The number of aryl methyl sites for hydroxylation is 1. The van der Waals surface area contributed by atoms with Crippen LogP contribution >= 0.6 is 44.1 Å². The summed E-state index contributed by atoms with van der Waals surface area (Å²) in [5.74, 6) is 0.921. The minimum Gasteiger partial charge on any atom is -0.506 e. The number of benzene rings is 1. The van der Waals surface area contributed by atoms with Gasteiger partial charge in [0.15, 0.2) is 5.82 Å². The minimum atomic E-state index is 0.159. The number of hydrogen-bond acceptors (Lipinski definition) is 4. The van der Waals surface area contributed by atoms with Crippen LogP contribution < -0.4 is 0 Å². The molecule has 100 valence electrons. The highest BCUT2D eigenvalue weighted by Gasteiger charge is 2.05. The molecule has 0 radical (unpaired) electrons. The highest BCUT2D eigenvalue weighted by atomic mass is 79.9. The van der Waals surface area contributed by atoms with Crippen molar-refractivity contribution in [2.24, 2.45) is 5.10 Å². The number of phenolic OH excluding ortho intramolecular Hbond substituents is 1. The van der Waals surface area contributed by atoms with Crippen LogP contribution in [0.2, 0.25) is 0 Å². The van der Waals surface area contributed by atoms with Crippen LogP contribution in [0.25, 0.3) is 0 Å². The van der Waals surface area contributed by atoms with Gasteiger partial charge in [0.25, 0.3) is 0 Å². The van der Waals surface area contributed by atoms with Gasteiger partial charge in [-0.2, -0.15) is 14.9 Å². The fourth-order valence-corrected chi connectivity index (χ4v) is 2.88. The summed E-state index contributed by atoms with van der Waals surface area (Å²) in [4.78, 5) is 0. The fourth-order valence-electron chi connectivity index (χ4n) is 1.46. The van der Waals surface area contributed by atoms with Crippen molar-refractivity contribution >= 4 is 50.3 Å². The van der Waals surface area contributed by atoms with Gasteiger partial charge in [0, 0.05) is 6.42 Å². The number of aromatic nitrogens is 3. The summed E-state index contributed by atoms with van der Waals surface area (Å²) in [5, 5.41) is 20.7. The number of halogens is 2. The minimum absolute atomic E-state index is 0.159. The average molecular weight is 406 g/mol. The van der Waals surface area contributed by atoms with Crippen LogP contribution in [0, 0.1) is 4.77 Å². The van der Waals surface area contributed by atoms with Gasteiger partial charge in [0.05, 0.1) is 15.2 Å². The Bertz CT molecular complexity index is 669. The molecule has 0 fully saturated rings. The number of rotatable bonds is 3. The maximum Gasteiger partial charge on any atom is 0.216 e. The molecule has 0 atom stereocenters. The van der Waals surface area contributed by atoms with Gasteiger partial charge in [-0.05, 0) is 61.8 Å². The Balaban J connectivity index is 2.38. The zero-order valence-corrected chi connectivity index (χ0v) is 13.9. The largest absolute Gasteiger partial charge is 0.506 e. The van der Waals surface area contributed by atoms with E-state index in [0.717, 1.165) is 17.8 Å². The first-order chi connectivity index (χ1) is 9.02. The molecule has 2 rings (SSSR count). The standard InChI is InChI=1S/C11H10Br2N4OS/c1-2-9-15-16-11(19)17(9)14-5-6-3-7(12)10(18)8(13)4-6/h3-5,18H,2H2,1H3,(H,16,19)/b14-5+. The van der Waals surface area contributed by atoms with E-state index in [1.54, 1.807) is 23.0 Å². The van der Waals surface area contributed by atoms with E-state index in [-0.39, 0.29) is 5.75 Å². The van der Waals surface area contributed by atoms with E-state index >= 15 is 0 Å². The first-order valence-electron chi connectivity index (χ1n) is 5.41. The molecular formula is C11H10Br2N4OS. The molecule has 0 saturated heterocycles. The molecule has 0 saturated carbocycles. The zero-order valence-electron chi connectivity index (χ0n) is 9.89. The summed E-state index contributed by atoms with van der Waals surface area (Å²) in [6, 6.07) is 3.53. The summed E-state index contributed by atoms with van der Waals surface area (Å²) in [7, 11) is 0.